The predicted molar refractivity (Wildman–Crippen MR) is 69.2 cm³/mol. The first-order valence-corrected chi connectivity index (χ1v) is 6.85. The molecule has 18 heavy (non-hydrogen) atoms. The maximum absolute atomic E-state index is 13.1. The van der Waals surface area contributed by atoms with Gasteiger partial charge in [-0.25, -0.2) is 4.39 Å². The van der Waals surface area contributed by atoms with Crippen molar-refractivity contribution in [1.29, 1.82) is 0 Å². The Bertz CT molecular complexity index is 392. The van der Waals surface area contributed by atoms with Crippen LogP contribution in [-0.2, 0) is 0 Å². The summed E-state index contributed by atoms with van der Waals surface area (Å²) in [6, 6.07) is 4.37. The van der Waals surface area contributed by atoms with Gasteiger partial charge in [0.2, 0.25) is 0 Å². The standard InChI is InChI=1S/C15H21FO2/c1-2-3-4-5-6-12-10-14(17)13-9-11(16)7-8-15(13)18-12/h7-9,12,14,17H,2-6,10H2,1H3/t12?,14-/m0/s1. The van der Waals surface area contributed by atoms with Gasteiger partial charge in [-0.05, 0) is 31.0 Å². The van der Waals surface area contributed by atoms with E-state index in [1.807, 2.05) is 0 Å². The monoisotopic (exact) mass is 252 g/mol. The predicted octanol–water partition coefficient (Wildman–Crippen LogP) is 3.98. The third kappa shape index (κ3) is 3.22. The summed E-state index contributed by atoms with van der Waals surface area (Å²) in [5.41, 5.74) is 0.583. The normalized spacial score (nSPS) is 22.4. The van der Waals surface area contributed by atoms with Crippen LogP contribution in [0.25, 0.3) is 0 Å². The second-order valence-electron chi connectivity index (χ2n) is 5.02. The van der Waals surface area contributed by atoms with Crippen molar-refractivity contribution >= 4 is 0 Å². The molecular formula is C15H21FO2. The third-order valence-electron chi connectivity index (χ3n) is 3.49. The molecule has 100 valence electrons. The number of unbranched alkanes of at least 4 members (excludes halogenated alkanes) is 3. The number of hydrogen-bond donors (Lipinski definition) is 1. The zero-order valence-electron chi connectivity index (χ0n) is 10.9. The van der Waals surface area contributed by atoms with Crippen LogP contribution in [0, 0.1) is 5.82 Å². The van der Waals surface area contributed by atoms with E-state index in [0.29, 0.717) is 17.7 Å². The van der Waals surface area contributed by atoms with Crippen molar-refractivity contribution in [2.75, 3.05) is 0 Å². The van der Waals surface area contributed by atoms with Gasteiger partial charge < -0.3 is 9.84 Å². The van der Waals surface area contributed by atoms with Crippen molar-refractivity contribution in [1.82, 2.24) is 0 Å². The number of ether oxygens (including phenoxy) is 1. The molecule has 0 aromatic heterocycles. The summed E-state index contributed by atoms with van der Waals surface area (Å²) in [5, 5.41) is 10.0. The highest BCUT2D eigenvalue weighted by molar-refractivity contribution is 5.37. The number of rotatable bonds is 5. The number of fused-ring (bicyclic) bond motifs is 1. The molecule has 0 bridgehead atoms. The first kappa shape index (κ1) is 13.3. The van der Waals surface area contributed by atoms with Crippen LogP contribution >= 0.6 is 0 Å². The molecule has 1 unspecified atom stereocenters. The van der Waals surface area contributed by atoms with E-state index < -0.39 is 6.10 Å². The first-order chi connectivity index (χ1) is 8.70. The van der Waals surface area contributed by atoms with E-state index in [2.05, 4.69) is 6.92 Å². The van der Waals surface area contributed by atoms with Crippen LogP contribution in [0.3, 0.4) is 0 Å². The summed E-state index contributed by atoms with van der Waals surface area (Å²) in [7, 11) is 0. The molecule has 2 rings (SSSR count). The van der Waals surface area contributed by atoms with Gasteiger partial charge in [-0.1, -0.05) is 26.2 Å². The Morgan fingerprint density at radius 3 is 2.94 bits per heavy atom. The molecule has 1 N–H and O–H groups in total. The second kappa shape index (κ2) is 6.19. The molecule has 2 nitrogen and oxygen atoms in total. The van der Waals surface area contributed by atoms with Crippen molar-refractivity contribution in [3.8, 4) is 5.75 Å². The van der Waals surface area contributed by atoms with Crippen LogP contribution in [0.15, 0.2) is 18.2 Å². The molecule has 1 heterocycles. The molecule has 0 aliphatic carbocycles. The Kier molecular flexibility index (Phi) is 4.59. The van der Waals surface area contributed by atoms with Gasteiger partial charge in [0.1, 0.15) is 17.7 Å². The Labute approximate surface area is 108 Å². The van der Waals surface area contributed by atoms with Gasteiger partial charge in [0.15, 0.2) is 0 Å². The van der Waals surface area contributed by atoms with E-state index in [4.69, 9.17) is 4.74 Å². The van der Waals surface area contributed by atoms with Crippen LogP contribution < -0.4 is 4.74 Å². The van der Waals surface area contributed by atoms with E-state index in [9.17, 15) is 9.50 Å². The fourth-order valence-corrected chi connectivity index (χ4v) is 2.47. The van der Waals surface area contributed by atoms with E-state index in [0.717, 1.165) is 12.8 Å². The molecule has 0 saturated carbocycles. The summed E-state index contributed by atoms with van der Waals surface area (Å²) in [6.07, 6.45) is 5.81. The van der Waals surface area contributed by atoms with Crippen LogP contribution in [0.4, 0.5) is 4.39 Å². The molecule has 2 atom stereocenters. The molecule has 0 fully saturated rings. The summed E-state index contributed by atoms with van der Waals surface area (Å²) in [4.78, 5) is 0. The lowest BCUT2D eigenvalue weighted by Crippen LogP contribution is -2.25. The SMILES string of the molecule is CCCCCCC1C[C@H](O)c2cc(F)ccc2O1. The summed E-state index contributed by atoms with van der Waals surface area (Å²) < 4.78 is 18.9. The average Bonchev–Trinajstić information content (AvgIpc) is 2.36. The van der Waals surface area contributed by atoms with Crippen molar-refractivity contribution < 1.29 is 14.2 Å². The zero-order valence-corrected chi connectivity index (χ0v) is 10.9. The fraction of sp³-hybridized carbons (Fsp3) is 0.600. The molecule has 3 heteroatoms. The lowest BCUT2D eigenvalue weighted by atomic mass is 9.96. The second-order valence-corrected chi connectivity index (χ2v) is 5.02. The first-order valence-electron chi connectivity index (χ1n) is 6.85. The van der Waals surface area contributed by atoms with Gasteiger partial charge >= 0.3 is 0 Å². The topological polar surface area (TPSA) is 29.5 Å². The van der Waals surface area contributed by atoms with Crippen molar-refractivity contribution in [3.63, 3.8) is 0 Å². The summed E-state index contributed by atoms with van der Waals surface area (Å²) in [5.74, 6) is 0.313. The summed E-state index contributed by atoms with van der Waals surface area (Å²) >= 11 is 0. The van der Waals surface area contributed by atoms with Gasteiger partial charge in [-0.3, -0.25) is 0 Å². The lowest BCUT2D eigenvalue weighted by Gasteiger charge is -2.29. The zero-order chi connectivity index (χ0) is 13.0. The Morgan fingerprint density at radius 2 is 2.17 bits per heavy atom. The Morgan fingerprint density at radius 1 is 1.33 bits per heavy atom. The Balaban J connectivity index is 1.93. The Hall–Kier alpha value is -1.09. The molecular weight excluding hydrogens is 231 g/mol. The lowest BCUT2D eigenvalue weighted by molar-refractivity contribution is 0.0601. The quantitative estimate of drug-likeness (QED) is 0.803. The highest BCUT2D eigenvalue weighted by Gasteiger charge is 2.26. The van der Waals surface area contributed by atoms with Crippen LogP contribution in [0.1, 0.15) is 57.1 Å². The highest BCUT2D eigenvalue weighted by atomic mass is 19.1. The third-order valence-corrected chi connectivity index (χ3v) is 3.49. The summed E-state index contributed by atoms with van der Waals surface area (Å²) in [6.45, 7) is 2.19. The fourth-order valence-electron chi connectivity index (χ4n) is 2.47. The number of aliphatic hydroxyl groups is 1. The van der Waals surface area contributed by atoms with E-state index in [1.54, 1.807) is 6.07 Å². The number of halogens is 1. The maximum Gasteiger partial charge on any atom is 0.125 e. The van der Waals surface area contributed by atoms with Crippen LogP contribution in [0.5, 0.6) is 5.75 Å². The molecule has 0 radical (unpaired) electrons. The van der Waals surface area contributed by atoms with Gasteiger partial charge in [-0.15, -0.1) is 0 Å². The van der Waals surface area contributed by atoms with E-state index in [1.165, 1.54) is 31.4 Å². The smallest absolute Gasteiger partial charge is 0.125 e. The number of aliphatic hydroxyl groups excluding tert-OH is 1. The van der Waals surface area contributed by atoms with Gasteiger partial charge in [-0.2, -0.15) is 0 Å². The largest absolute Gasteiger partial charge is 0.490 e. The van der Waals surface area contributed by atoms with Gasteiger partial charge in [0.25, 0.3) is 0 Å². The highest BCUT2D eigenvalue weighted by Crippen LogP contribution is 2.36. The maximum atomic E-state index is 13.1. The number of benzene rings is 1. The van der Waals surface area contributed by atoms with E-state index in [-0.39, 0.29) is 11.9 Å². The molecule has 1 aliphatic heterocycles. The van der Waals surface area contributed by atoms with Crippen molar-refractivity contribution in [3.05, 3.63) is 29.6 Å². The minimum absolute atomic E-state index is 0.0646. The molecule has 0 saturated heterocycles. The van der Waals surface area contributed by atoms with Gasteiger partial charge in [0.05, 0.1) is 6.10 Å². The van der Waals surface area contributed by atoms with Crippen molar-refractivity contribution in [2.24, 2.45) is 0 Å². The molecule has 1 aliphatic rings. The molecule has 1 aromatic rings. The van der Waals surface area contributed by atoms with Crippen LogP contribution in [0.2, 0.25) is 0 Å². The molecule has 0 spiro atoms. The van der Waals surface area contributed by atoms with Crippen molar-refractivity contribution in [2.45, 2.75) is 57.7 Å². The molecule has 1 aromatic carbocycles. The number of hydrogen-bond acceptors (Lipinski definition) is 2. The van der Waals surface area contributed by atoms with Crippen LogP contribution in [-0.4, -0.2) is 11.2 Å². The molecule has 0 amide bonds. The minimum Gasteiger partial charge on any atom is -0.490 e. The minimum atomic E-state index is -0.597. The van der Waals surface area contributed by atoms with E-state index >= 15 is 0 Å². The average molecular weight is 252 g/mol. The van der Waals surface area contributed by atoms with Gasteiger partial charge in [0, 0.05) is 12.0 Å².